The van der Waals surface area contributed by atoms with Crippen molar-refractivity contribution in [1.29, 1.82) is 0 Å². The summed E-state index contributed by atoms with van der Waals surface area (Å²) in [5.74, 6) is 0.673. The lowest BCUT2D eigenvalue weighted by molar-refractivity contribution is 0.174. The van der Waals surface area contributed by atoms with Crippen molar-refractivity contribution in [2.45, 2.75) is 52.1 Å². The lowest BCUT2D eigenvalue weighted by Crippen LogP contribution is -2.05. The highest BCUT2D eigenvalue weighted by Crippen LogP contribution is 2.41. The molecule has 0 saturated carbocycles. The molecule has 0 bridgehead atoms. The summed E-state index contributed by atoms with van der Waals surface area (Å²) in [5, 5.41) is 10.1. The number of aliphatic hydroxyl groups excluding tert-OH is 1. The normalized spacial score (nSPS) is 22.9. The first-order chi connectivity index (χ1) is 7.91. The zero-order valence-corrected chi connectivity index (χ0v) is 10.9. The molecular weight excluding hydrogens is 212 g/mol. The summed E-state index contributed by atoms with van der Waals surface area (Å²) >= 11 is 0. The van der Waals surface area contributed by atoms with E-state index in [4.69, 9.17) is 0 Å². The SMILES string of the molecule is Cc1c2c(cc(C(C)C)cc1=O)[C@@H](C)C[C@H]2O. The number of hydrogen-bond donors (Lipinski definition) is 1. The van der Waals surface area contributed by atoms with E-state index in [1.165, 1.54) is 0 Å². The maximum absolute atomic E-state index is 12.0. The molecule has 0 radical (unpaired) electrons. The van der Waals surface area contributed by atoms with Gasteiger partial charge in [0.1, 0.15) is 0 Å². The molecule has 2 rings (SSSR count). The van der Waals surface area contributed by atoms with E-state index in [0.29, 0.717) is 17.4 Å². The van der Waals surface area contributed by atoms with Gasteiger partial charge in [0, 0.05) is 5.56 Å². The molecule has 0 spiro atoms. The lowest BCUT2D eigenvalue weighted by atomic mass is 9.99. The number of aliphatic hydroxyl groups is 1. The first-order valence-corrected chi connectivity index (χ1v) is 6.28. The summed E-state index contributed by atoms with van der Waals surface area (Å²) in [7, 11) is 0. The summed E-state index contributed by atoms with van der Waals surface area (Å²) in [4.78, 5) is 12.0. The van der Waals surface area contributed by atoms with Gasteiger partial charge in [-0.1, -0.05) is 26.8 Å². The van der Waals surface area contributed by atoms with Gasteiger partial charge in [0.15, 0.2) is 5.43 Å². The Balaban J connectivity index is 2.79. The molecule has 0 amide bonds. The fraction of sp³-hybridized carbons (Fsp3) is 0.533. The summed E-state index contributed by atoms with van der Waals surface area (Å²) in [6.07, 6.45) is 0.261. The number of fused-ring (bicyclic) bond motifs is 1. The van der Waals surface area contributed by atoms with Crippen LogP contribution in [-0.2, 0) is 0 Å². The van der Waals surface area contributed by atoms with Crippen LogP contribution in [-0.4, -0.2) is 5.11 Å². The molecule has 92 valence electrons. The van der Waals surface area contributed by atoms with Crippen LogP contribution in [0.3, 0.4) is 0 Å². The number of hydrogen-bond acceptors (Lipinski definition) is 2. The Hall–Kier alpha value is -1.15. The molecule has 1 aliphatic rings. The zero-order chi connectivity index (χ0) is 12.7. The van der Waals surface area contributed by atoms with Crippen molar-refractivity contribution < 1.29 is 5.11 Å². The smallest absolute Gasteiger partial charge is 0.182 e. The van der Waals surface area contributed by atoms with Gasteiger partial charge in [0.2, 0.25) is 0 Å². The Labute approximate surface area is 102 Å². The van der Waals surface area contributed by atoms with Gasteiger partial charge in [0.05, 0.1) is 6.10 Å². The van der Waals surface area contributed by atoms with Crippen molar-refractivity contribution in [2.24, 2.45) is 0 Å². The average molecular weight is 232 g/mol. The van der Waals surface area contributed by atoms with Crippen molar-refractivity contribution in [2.75, 3.05) is 0 Å². The van der Waals surface area contributed by atoms with Crippen molar-refractivity contribution in [1.82, 2.24) is 0 Å². The predicted octanol–water partition coefficient (Wildman–Crippen LogP) is 3.02. The standard InChI is InChI=1S/C15H20O2/c1-8(2)11-6-12-9(3)5-14(17)15(12)10(4)13(16)7-11/h6-9,14,17H,5H2,1-4H3/t9-,14+/m0/s1. The average Bonchev–Trinajstić information content (AvgIpc) is 2.42. The molecule has 2 atom stereocenters. The minimum absolute atomic E-state index is 0.0445. The van der Waals surface area contributed by atoms with Gasteiger partial charge in [-0.25, -0.2) is 0 Å². The van der Waals surface area contributed by atoms with Crippen LogP contribution in [0.5, 0.6) is 0 Å². The Kier molecular flexibility index (Phi) is 3.09. The molecule has 1 aliphatic carbocycles. The third-order valence-corrected chi connectivity index (χ3v) is 3.81. The van der Waals surface area contributed by atoms with Crippen LogP contribution in [0, 0.1) is 6.92 Å². The van der Waals surface area contributed by atoms with E-state index < -0.39 is 6.10 Å². The molecule has 0 unspecified atom stereocenters. The van der Waals surface area contributed by atoms with Gasteiger partial charge in [-0.3, -0.25) is 4.79 Å². The maximum Gasteiger partial charge on any atom is 0.182 e. The summed E-state index contributed by atoms with van der Waals surface area (Å²) < 4.78 is 0. The van der Waals surface area contributed by atoms with Crippen LogP contribution in [0.4, 0.5) is 0 Å². The van der Waals surface area contributed by atoms with Crippen LogP contribution in [0.2, 0.25) is 0 Å². The molecule has 0 aromatic heterocycles. The largest absolute Gasteiger partial charge is 0.388 e. The molecule has 1 aromatic rings. The highest BCUT2D eigenvalue weighted by Gasteiger charge is 2.28. The van der Waals surface area contributed by atoms with E-state index in [1.807, 2.05) is 6.92 Å². The molecule has 17 heavy (non-hydrogen) atoms. The Morgan fingerprint density at radius 1 is 1.35 bits per heavy atom. The van der Waals surface area contributed by atoms with Gasteiger partial charge >= 0.3 is 0 Å². The van der Waals surface area contributed by atoms with Crippen molar-refractivity contribution in [3.8, 4) is 0 Å². The van der Waals surface area contributed by atoms with Crippen LogP contribution in [0.25, 0.3) is 0 Å². The molecule has 0 saturated heterocycles. The highest BCUT2D eigenvalue weighted by atomic mass is 16.3. The van der Waals surface area contributed by atoms with Crippen LogP contribution < -0.4 is 5.43 Å². The lowest BCUT2D eigenvalue weighted by Gasteiger charge is -2.05. The maximum atomic E-state index is 12.0. The summed E-state index contributed by atoms with van der Waals surface area (Å²) in [6, 6.07) is 3.83. The van der Waals surface area contributed by atoms with E-state index in [9.17, 15) is 9.90 Å². The highest BCUT2D eigenvalue weighted by molar-refractivity contribution is 5.43. The second-order valence-corrected chi connectivity index (χ2v) is 5.45. The fourth-order valence-electron chi connectivity index (χ4n) is 2.67. The molecule has 0 aliphatic heterocycles. The molecule has 0 heterocycles. The monoisotopic (exact) mass is 232 g/mol. The van der Waals surface area contributed by atoms with E-state index in [1.54, 1.807) is 6.07 Å². The van der Waals surface area contributed by atoms with E-state index >= 15 is 0 Å². The topological polar surface area (TPSA) is 37.3 Å². The van der Waals surface area contributed by atoms with Crippen molar-refractivity contribution >= 4 is 0 Å². The van der Waals surface area contributed by atoms with Gasteiger partial charge in [0.25, 0.3) is 0 Å². The Morgan fingerprint density at radius 2 is 2.00 bits per heavy atom. The van der Waals surface area contributed by atoms with Crippen molar-refractivity contribution in [3.63, 3.8) is 0 Å². The molecule has 2 nitrogen and oxygen atoms in total. The zero-order valence-electron chi connectivity index (χ0n) is 10.9. The second-order valence-electron chi connectivity index (χ2n) is 5.45. The van der Waals surface area contributed by atoms with Gasteiger partial charge < -0.3 is 5.11 Å². The minimum Gasteiger partial charge on any atom is -0.388 e. The molecule has 1 aromatic carbocycles. The first-order valence-electron chi connectivity index (χ1n) is 6.28. The van der Waals surface area contributed by atoms with Gasteiger partial charge in [-0.05, 0) is 47.9 Å². The predicted molar refractivity (Wildman–Crippen MR) is 69.5 cm³/mol. The Morgan fingerprint density at radius 3 is 2.59 bits per heavy atom. The quantitative estimate of drug-likeness (QED) is 0.808. The van der Waals surface area contributed by atoms with E-state index in [-0.39, 0.29) is 5.43 Å². The second kappa shape index (κ2) is 4.26. The third kappa shape index (κ3) is 2.02. The molecule has 2 heteroatoms. The van der Waals surface area contributed by atoms with E-state index in [2.05, 4.69) is 26.8 Å². The number of rotatable bonds is 1. The minimum atomic E-state index is -0.472. The summed E-state index contributed by atoms with van der Waals surface area (Å²) in [6.45, 7) is 8.12. The third-order valence-electron chi connectivity index (χ3n) is 3.81. The molecule has 0 fully saturated rings. The van der Waals surface area contributed by atoms with Crippen LogP contribution in [0.1, 0.15) is 67.4 Å². The summed E-state index contributed by atoms with van der Waals surface area (Å²) in [5.41, 5.74) is 3.85. The van der Waals surface area contributed by atoms with Gasteiger partial charge in [-0.15, -0.1) is 0 Å². The Bertz CT molecular complexity index is 503. The first kappa shape index (κ1) is 12.3. The fourth-order valence-corrected chi connectivity index (χ4v) is 2.67. The van der Waals surface area contributed by atoms with Crippen LogP contribution >= 0.6 is 0 Å². The van der Waals surface area contributed by atoms with Crippen molar-refractivity contribution in [3.05, 3.63) is 44.6 Å². The molecule has 1 N–H and O–H groups in total. The van der Waals surface area contributed by atoms with E-state index in [0.717, 1.165) is 23.1 Å². The van der Waals surface area contributed by atoms with Crippen LogP contribution in [0.15, 0.2) is 16.9 Å². The van der Waals surface area contributed by atoms with Gasteiger partial charge in [-0.2, -0.15) is 0 Å². The molecular formula is C15H20O2.